The van der Waals surface area contributed by atoms with Crippen molar-refractivity contribution >= 4 is 27.3 Å². The number of carbonyl (C=O) groups is 1. The highest BCUT2D eigenvalue weighted by Gasteiger charge is 2.24. The van der Waals surface area contributed by atoms with Crippen molar-refractivity contribution in [3.8, 4) is 0 Å². The van der Waals surface area contributed by atoms with Gasteiger partial charge in [-0.05, 0) is 61.7 Å². The summed E-state index contributed by atoms with van der Waals surface area (Å²) in [6.07, 6.45) is 1.74. The SMILES string of the molecule is Cc1ccc(S(=O)(=O)Nc2ccc3c(c2)N(C(=O)c2ccccc2)CCC3)cc1. The number of fused-ring (bicyclic) bond motifs is 1. The number of anilines is 2. The van der Waals surface area contributed by atoms with Crippen LogP contribution in [0.15, 0.2) is 77.7 Å². The van der Waals surface area contributed by atoms with Gasteiger partial charge in [-0.3, -0.25) is 9.52 Å². The lowest BCUT2D eigenvalue weighted by Gasteiger charge is -2.30. The summed E-state index contributed by atoms with van der Waals surface area (Å²) >= 11 is 0. The highest BCUT2D eigenvalue weighted by Crippen LogP contribution is 2.32. The lowest BCUT2D eigenvalue weighted by atomic mass is 10.00. The molecule has 1 aliphatic rings. The molecule has 4 rings (SSSR count). The summed E-state index contributed by atoms with van der Waals surface area (Å²) in [4.78, 5) is 14.9. The Morgan fingerprint density at radius 3 is 2.41 bits per heavy atom. The second-order valence-corrected chi connectivity index (χ2v) is 8.87. The van der Waals surface area contributed by atoms with Gasteiger partial charge in [-0.1, -0.05) is 42.0 Å². The van der Waals surface area contributed by atoms with E-state index in [9.17, 15) is 13.2 Å². The topological polar surface area (TPSA) is 66.5 Å². The van der Waals surface area contributed by atoms with Crippen LogP contribution in [0, 0.1) is 6.92 Å². The molecule has 0 unspecified atom stereocenters. The first kappa shape index (κ1) is 19.2. The number of amides is 1. The van der Waals surface area contributed by atoms with Crippen molar-refractivity contribution in [2.75, 3.05) is 16.2 Å². The number of rotatable bonds is 4. The van der Waals surface area contributed by atoms with Crippen LogP contribution < -0.4 is 9.62 Å². The molecule has 0 bridgehead atoms. The maximum Gasteiger partial charge on any atom is 0.261 e. The van der Waals surface area contributed by atoms with Gasteiger partial charge >= 0.3 is 0 Å². The fourth-order valence-electron chi connectivity index (χ4n) is 3.52. The van der Waals surface area contributed by atoms with Crippen LogP contribution in [0.3, 0.4) is 0 Å². The first-order chi connectivity index (χ1) is 13.9. The maximum atomic E-state index is 13.0. The summed E-state index contributed by atoms with van der Waals surface area (Å²) in [6.45, 7) is 2.51. The zero-order valence-corrected chi connectivity index (χ0v) is 16.9. The van der Waals surface area contributed by atoms with E-state index < -0.39 is 10.0 Å². The predicted octanol–water partition coefficient (Wildman–Crippen LogP) is 4.39. The molecule has 0 aliphatic carbocycles. The average molecular weight is 407 g/mol. The van der Waals surface area contributed by atoms with Crippen LogP contribution in [0.25, 0.3) is 0 Å². The Balaban J connectivity index is 1.65. The highest BCUT2D eigenvalue weighted by molar-refractivity contribution is 7.92. The van der Waals surface area contributed by atoms with Crippen LogP contribution in [0.2, 0.25) is 0 Å². The Labute approximate surface area is 171 Å². The molecule has 0 aromatic heterocycles. The molecular formula is C23H22N2O3S. The number of nitrogens with one attached hydrogen (secondary N) is 1. The van der Waals surface area contributed by atoms with Crippen molar-refractivity contribution in [1.29, 1.82) is 0 Å². The normalized spacial score (nSPS) is 13.6. The van der Waals surface area contributed by atoms with Crippen LogP contribution in [0.5, 0.6) is 0 Å². The Morgan fingerprint density at radius 2 is 1.69 bits per heavy atom. The van der Waals surface area contributed by atoms with Crippen molar-refractivity contribution in [2.24, 2.45) is 0 Å². The molecule has 5 nitrogen and oxygen atoms in total. The van der Waals surface area contributed by atoms with Gasteiger partial charge in [-0.25, -0.2) is 8.42 Å². The second kappa shape index (κ2) is 7.72. The van der Waals surface area contributed by atoms with Gasteiger partial charge in [0.25, 0.3) is 15.9 Å². The summed E-state index contributed by atoms with van der Waals surface area (Å²) < 4.78 is 28.1. The second-order valence-electron chi connectivity index (χ2n) is 7.19. The van der Waals surface area contributed by atoms with Crippen molar-refractivity contribution in [2.45, 2.75) is 24.7 Å². The molecule has 0 radical (unpaired) electrons. The fraction of sp³-hybridized carbons (Fsp3) is 0.174. The largest absolute Gasteiger partial charge is 0.308 e. The Kier molecular flexibility index (Phi) is 5.11. The van der Waals surface area contributed by atoms with Gasteiger partial charge in [0.05, 0.1) is 10.6 Å². The summed E-state index contributed by atoms with van der Waals surface area (Å²) in [5.74, 6) is -0.0786. The maximum absolute atomic E-state index is 13.0. The quantitative estimate of drug-likeness (QED) is 0.699. The van der Waals surface area contributed by atoms with Crippen LogP contribution in [-0.2, 0) is 16.4 Å². The van der Waals surface area contributed by atoms with E-state index in [0.717, 1.165) is 29.7 Å². The molecular weight excluding hydrogens is 384 g/mol. The van der Waals surface area contributed by atoms with Gasteiger partial charge in [0, 0.05) is 17.8 Å². The fourth-order valence-corrected chi connectivity index (χ4v) is 4.57. The molecule has 0 atom stereocenters. The number of benzene rings is 3. The number of aryl methyl sites for hydroxylation is 2. The Morgan fingerprint density at radius 1 is 0.966 bits per heavy atom. The number of sulfonamides is 1. The van der Waals surface area contributed by atoms with Crippen LogP contribution >= 0.6 is 0 Å². The van der Waals surface area contributed by atoms with Crippen LogP contribution in [0.4, 0.5) is 11.4 Å². The van der Waals surface area contributed by atoms with Gasteiger partial charge < -0.3 is 4.90 Å². The van der Waals surface area contributed by atoms with E-state index in [1.807, 2.05) is 31.2 Å². The van der Waals surface area contributed by atoms with Gasteiger partial charge in [-0.2, -0.15) is 0 Å². The molecule has 148 valence electrons. The number of hydrogen-bond acceptors (Lipinski definition) is 3. The first-order valence-corrected chi connectivity index (χ1v) is 11.0. The van der Waals surface area contributed by atoms with Crippen LogP contribution in [0.1, 0.15) is 27.9 Å². The third-order valence-electron chi connectivity index (χ3n) is 5.05. The molecule has 6 heteroatoms. The molecule has 1 aliphatic heterocycles. The summed E-state index contributed by atoms with van der Waals surface area (Å²) in [7, 11) is -3.70. The first-order valence-electron chi connectivity index (χ1n) is 9.53. The van der Waals surface area contributed by atoms with Gasteiger partial charge in [0.2, 0.25) is 0 Å². The van der Waals surface area contributed by atoms with E-state index in [0.29, 0.717) is 17.8 Å². The standard InChI is InChI=1S/C23H22N2O3S/c1-17-9-13-21(14-10-17)29(27,28)24-20-12-11-18-8-5-15-25(22(18)16-20)23(26)19-6-3-2-4-7-19/h2-4,6-7,9-14,16,24H,5,8,15H2,1H3. The number of carbonyl (C=O) groups excluding carboxylic acids is 1. The molecule has 3 aromatic rings. The molecule has 1 heterocycles. The minimum Gasteiger partial charge on any atom is -0.308 e. The van der Waals surface area contributed by atoms with Crippen molar-refractivity contribution in [1.82, 2.24) is 0 Å². The van der Waals surface area contributed by atoms with Crippen molar-refractivity contribution in [3.05, 3.63) is 89.5 Å². The smallest absolute Gasteiger partial charge is 0.261 e. The monoisotopic (exact) mass is 406 g/mol. The number of hydrogen-bond donors (Lipinski definition) is 1. The Bertz CT molecular complexity index is 1140. The highest BCUT2D eigenvalue weighted by atomic mass is 32.2. The average Bonchev–Trinajstić information content (AvgIpc) is 2.73. The summed E-state index contributed by atoms with van der Waals surface area (Å²) in [6, 6.07) is 21.2. The molecule has 0 saturated carbocycles. The molecule has 0 fully saturated rings. The van der Waals surface area contributed by atoms with E-state index in [2.05, 4.69) is 4.72 Å². The minimum absolute atomic E-state index is 0.0786. The Hall–Kier alpha value is -3.12. The number of nitrogens with zero attached hydrogens (tertiary/aromatic N) is 1. The van der Waals surface area contributed by atoms with Crippen molar-refractivity contribution < 1.29 is 13.2 Å². The minimum atomic E-state index is -3.70. The van der Waals surface area contributed by atoms with Gasteiger partial charge in [0.15, 0.2) is 0 Å². The van der Waals surface area contributed by atoms with E-state index >= 15 is 0 Å². The third-order valence-corrected chi connectivity index (χ3v) is 6.45. The van der Waals surface area contributed by atoms with E-state index in [4.69, 9.17) is 0 Å². The van der Waals surface area contributed by atoms with Gasteiger partial charge in [-0.15, -0.1) is 0 Å². The van der Waals surface area contributed by atoms with Crippen molar-refractivity contribution in [3.63, 3.8) is 0 Å². The molecule has 0 spiro atoms. The van der Waals surface area contributed by atoms with E-state index in [-0.39, 0.29) is 10.8 Å². The van der Waals surface area contributed by atoms with Crippen LogP contribution in [-0.4, -0.2) is 20.9 Å². The zero-order chi connectivity index (χ0) is 20.4. The third kappa shape index (κ3) is 4.03. The lowest BCUT2D eigenvalue weighted by molar-refractivity contribution is 0.0985. The zero-order valence-electron chi connectivity index (χ0n) is 16.1. The predicted molar refractivity (Wildman–Crippen MR) is 115 cm³/mol. The molecule has 1 amide bonds. The lowest BCUT2D eigenvalue weighted by Crippen LogP contribution is -2.35. The van der Waals surface area contributed by atoms with E-state index in [1.54, 1.807) is 53.4 Å². The summed E-state index contributed by atoms with van der Waals surface area (Å²) in [5, 5.41) is 0. The molecule has 29 heavy (non-hydrogen) atoms. The molecule has 0 saturated heterocycles. The summed E-state index contributed by atoms with van der Waals surface area (Å²) in [5.41, 5.74) is 3.85. The molecule has 1 N–H and O–H groups in total. The van der Waals surface area contributed by atoms with Gasteiger partial charge in [0.1, 0.15) is 0 Å². The molecule has 3 aromatic carbocycles. The van der Waals surface area contributed by atoms with E-state index in [1.165, 1.54) is 0 Å².